The van der Waals surface area contributed by atoms with Gasteiger partial charge in [-0.1, -0.05) is 30.9 Å². The number of thiophene rings is 1. The quantitative estimate of drug-likeness (QED) is 0.650. The third-order valence-electron chi connectivity index (χ3n) is 4.80. The number of hydrogen-bond acceptors (Lipinski definition) is 3. The summed E-state index contributed by atoms with van der Waals surface area (Å²) in [6, 6.07) is 2.03. The van der Waals surface area contributed by atoms with Crippen molar-refractivity contribution in [1.29, 1.82) is 0 Å². The molecule has 1 fully saturated rings. The normalized spacial score (nSPS) is 18.0. The molecule has 1 heterocycles. The van der Waals surface area contributed by atoms with Gasteiger partial charge in [-0.3, -0.25) is 0 Å². The van der Waals surface area contributed by atoms with Crippen LogP contribution in [0, 0.1) is 5.41 Å². The molecule has 0 amide bonds. The summed E-state index contributed by atoms with van der Waals surface area (Å²) in [5, 5.41) is 6.59. The summed E-state index contributed by atoms with van der Waals surface area (Å²) in [5.74, 6) is 0. The Morgan fingerprint density at radius 2 is 2.05 bits per heavy atom. The van der Waals surface area contributed by atoms with Crippen LogP contribution >= 0.6 is 22.9 Å². The summed E-state index contributed by atoms with van der Waals surface area (Å²) in [7, 11) is 1.76. The van der Waals surface area contributed by atoms with Gasteiger partial charge in [0.1, 0.15) is 0 Å². The number of halogens is 1. The van der Waals surface area contributed by atoms with E-state index in [4.69, 9.17) is 16.3 Å². The molecule has 1 saturated carbocycles. The molecule has 0 atom stereocenters. The zero-order valence-corrected chi connectivity index (χ0v) is 14.7. The van der Waals surface area contributed by atoms with Gasteiger partial charge in [-0.25, -0.2) is 0 Å². The third-order valence-corrected chi connectivity index (χ3v) is 6.25. The van der Waals surface area contributed by atoms with Crippen LogP contribution in [0.3, 0.4) is 0 Å². The summed E-state index contributed by atoms with van der Waals surface area (Å²) in [6.07, 6.45) is 10.7. The average molecular weight is 330 g/mol. The minimum Gasteiger partial charge on any atom is -0.383 e. The van der Waals surface area contributed by atoms with Crippen molar-refractivity contribution in [3.8, 4) is 0 Å². The number of ether oxygens (including phenoxy) is 1. The topological polar surface area (TPSA) is 21.3 Å². The van der Waals surface area contributed by atoms with E-state index in [1.165, 1.54) is 49.8 Å². The van der Waals surface area contributed by atoms with Crippen LogP contribution in [0.5, 0.6) is 0 Å². The predicted octanol–water partition coefficient (Wildman–Crippen LogP) is 4.91. The summed E-state index contributed by atoms with van der Waals surface area (Å²) in [6.45, 7) is 2.88. The van der Waals surface area contributed by atoms with Crippen LogP contribution in [0.15, 0.2) is 11.4 Å². The maximum atomic E-state index is 6.25. The number of methoxy groups -OCH3 is 1. The van der Waals surface area contributed by atoms with Crippen molar-refractivity contribution in [3.05, 3.63) is 21.3 Å². The highest BCUT2D eigenvalue weighted by molar-refractivity contribution is 7.10. The van der Waals surface area contributed by atoms with E-state index in [9.17, 15) is 0 Å². The smallest absolute Gasteiger partial charge is 0.0587 e. The minimum absolute atomic E-state index is 0.533. The van der Waals surface area contributed by atoms with E-state index in [1.807, 2.05) is 17.4 Å². The van der Waals surface area contributed by atoms with Crippen molar-refractivity contribution >= 4 is 22.9 Å². The van der Waals surface area contributed by atoms with Gasteiger partial charge in [0, 0.05) is 18.5 Å². The standard InChI is InChI=1S/C17H28ClNOS/c1-20-13-12-19-11-10-17(7-3-2-4-8-17)9-5-16-15(18)6-14-21-16/h6,14,19H,2-5,7-13H2,1H3. The molecule has 0 unspecified atom stereocenters. The summed E-state index contributed by atoms with van der Waals surface area (Å²) in [4.78, 5) is 1.37. The number of hydrogen-bond donors (Lipinski definition) is 1. The van der Waals surface area contributed by atoms with Crippen LogP contribution < -0.4 is 5.32 Å². The average Bonchev–Trinajstić information content (AvgIpc) is 2.92. The fourth-order valence-corrected chi connectivity index (χ4v) is 4.60. The van der Waals surface area contributed by atoms with Gasteiger partial charge in [-0.15, -0.1) is 11.3 Å². The molecule has 0 bridgehead atoms. The van der Waals surface area contributed by atoms with Crippen molar-refractivity contribution in [2.45, 2.75) is 51.4 Å². The first-order valence-electron chi connectivity index (χ1n) is 8.17. The molecular formula is C17H28ClNOS. The second kappa shape index (κ2) is 9.14. The van der Waals surface area contributed by atoms with E-state index in [0.29, 0.717) is 5.41 Å². The van der Waals surface area contributed by atoms with Gasteiger partial charge >= 0.3 is 0 Å². The van der Waals surface area contributed by atoms with Gasteiger partial charge in [0.15, 0.2) is 0 Å². The molecular weight excluding hydrogens is 302 g/mol. The molecule has 21 heavy (non-hydrogen) atoms. The Kier molecular flexibility index (Phi) is 7.51. The molecule has 1 aromatic heterocycles. The molecule has 0 spiro atoms. The first kappa shape index (κ1) is 17.3. The lowest BCUT2D eigenvalue weighted by Crippen LogP contribution is -2.31. The zero-order valence-electron chi connectivity index (χ0n) is 13.1. The molecule has 0 radical (unpaired) electrons. The van der Waals surface area contributed by atoms with E-state index in [0.717, 1.165) is 31.1 Å². The lowest BCUT2D eigenvalue weighted by atomic mass is 9.69. The first-order chi connectivity index (χ1) is 10.3. The Morgan fingerprint density at radius 3 is 2.71 bits per heavy atom. The van der Waals surface area contributed by atoms with Gasteiger partial charge in [0.05, 0.1) is 11.6 Å². The molecule has 1 N–H and O–H groups in total. The number of nitrogens with one attached hydrogen (secondary N) is 1. The van der Waals surface area contributed by atoms with Gasteiger partial charge in [-0.05, 0) is 55.5 Å². The number of aryl methyl sites for hydroxylation is 1. The molecule has 2 rings (SSSR count). The van der Waals surface area contributed by atoms with Crippen molar-refractivity contribution in [1.82, 2.24) is 5.32 Å². The summed E-state index contributed by atoms with van der Waals surface area (Å²) >= 11 is 8.06. The van der Waals surface area contributed by atoms with Crippen LogP contribution in [0.2, 0.25) is 5.02 Å². The summed E-state index contributed by atoms with van der Waals surface area (Å²) in [5.41, 5.74) is 0.533. The zero-order chi connectivity index (χ0) is 15.0. The van der Waals surface area contributed by atoms with Crippen LogP contribution in [-0.2, 0) is 11.2 Å². The highest BCUT2D eigenvalue weighted by atomic mass is 35.5. The largest absolute Gasteiger partial charge is 0.383 e. The predicted molar refractivity (Wildman–Crippen MR) is 92.5 cm³/mol. The molecule has 0 saturated heterocycles. The molecule has 4 heteroatoms. The van der Waals surface area contributed by atoms with Crippen molar-refractivity contribution in [2.75, 3.05) is 26.8 Å². The van der Waals surface area contributed by atoms with Crippen molar-refractivity contribution in [3.63, 3.8) is 0 Å². The first-order valence-corrected chi connectivity index (χ1v) is 9.43. The fraction of sp³-hybridized carbons (Fsp3) is 0.765. The van der Waals surface area contributed by atoms with Crippen LogP contribution in [0.4, 0.5) is 0 Å². The second-order valence-electron chi connectivity index (χ2n) is 6.25. The second-order valence-corrected chi connectivity index (χ2v) is 7.65. The fourth-order valence-electron chi connectivity index (χ4n) is 3.46. The molecule has 120 valence electrons. The Bertz CT molecular complexity index is 401. The molecule has 1 aromatic rings. The van der Waals surface area contributed by atoms with E-state index in [2.05, 4.69) is 10.7 Å². The maximum Gasteiger partial charge on any atom is 0.0587 e. The van der Waals surface area contributed by atoms with Crippen molar-refractivity contribution in [2.24, 2.45) is 5.41 Å². The van der Waals surface area contributed by atoms with Gasteiger partial charge in [0.25, 0.3) is 0 Å². The third kappa shape index (κ3) is 5.55. The van der Waals surface area contributed by atoms with E-state index in [-0.39, 0.29) is 0 Å². The lowest BCUT2D eigenvalue weighted by molar-refractivity contribution is 0.153. The highest BCUT2D eigenvalue weighted by Crippen LogP contribution is 2.43. The van der Waals surface area contributed by atoms with Crippen LogP contribution in [0.25, 0.3) is 0 Å². The Hall–Kier alpha value is -0.0900. The SMILES string of the molecule is COCCNCCC1(CCc2sccc2Cl)CCCCC1. The number of rotatable bonds is 9. The minimum atomic E-state index is 0.533. The van der Waals surface area contributed by atoms with E-state index >= 15 is 0 Å². The monoisotopic (exact) mass is 329 g/mol. The van der Waals surface area contributed by atoms with Crippen molar-refractivity contribution < 1.29 is 4.74 Å². The molecule has 1 aliphatic rings. The molecule has 0 aromatic carbocycles. The maximum absolute atomic E-state index is 6.25. The van der Waals surface area contributed by atoms with Crippen LogP contribution in [0.1, 0.15) is 49.8 Å². The Morgan fingerprint density at radius 1 is 1.24 bits per heavy atom. The Labute approximate surface area is 138 Å². The van der Waals surface area contributed by atoms with E-state index in [1.54, 1.807) is 7.11 Å². The summed E-state index contributed by atoms with van der Waals surface area (Å²) < 4.78 is 5.09. The molecule has 1 aliphatic carbocycles. The lowest BCUT2D eigenvalue weighted by Gasteiger charge is -2.38. The van der Waals surface area contributed by atoms with Gasteiger partial charge in [0.2, 0.25) is 0 Å². The molecule has 2 nitrogen and oxygen atoms in total. The van der Waals surface area contributed by atoms with Gasteiger partial charge < -0.3 is 10.1 Å². The van der Waals surface area contributed by atoms with Crippen LogP contribution in [-0.4, -0.2) is 26.8 Å². The Balaban J connectivity index is 1.82. The molecule has 0 aliphatic heterocycles. The highest BCUT2D eigenvalue weighted by Gasteiger charge is 2.31. The van der Waals surface area contributed by atoms with E-state index < -0.39 is 0 Å². The van der Waals surface area contributed by atoms with Gasteiger partial charge in [-0.2, -0.15) is 0 Å².